The molecule has 0 saturated carbocycles. The maximum atomic E-state index is 14.5. The van der Waals surface area contributed by atoms with E-state index < -0.39 is 29.2 Å². The third kappa shape index (κ3) is 3.39. The SMILES string of the molecule is CC(=O)[C@@H]1[C@H](C(=O)c2ccc(CC(C)C)cc2)[C@@]2(C(=O)Nc3ccccc32)[C@@H]2C=Cc3cc(F)ccc3N12. The van der Waals surface area contributed by atoms with Crippen LogP contribution in [0.1, 0.15) is 47.8 Å². The molecule has 3 aliphatic rings. The minimum atomic E-state index is -1.33. The normalized spacial score (nSPS) is 24.8. The van der Waals surface area contributed by atoms with Crippen LogP contribution in [-0.4, -0.2) is 29.6 Å². The van der Waals surface area contributed by atoms with Gasteiger partial charge in [-0.25, -0.2) is 4.39 Å². The van der Waals surface area contributed by atoms with Crippen molar-refractivity contribution >= 4 is 34.9 Å². The third-order valence-corrected chi connectivity index (χ3v) is 8.18. The van der Waals surface area contributed by atoms with E-state index in [2.05, 4.69) is 19.2 Å². The maximum Gasteiger partial charge on any atom is 0.238 e. The molecule has 3 aromatic carbocycles. The van der Waals surface area contributed by atoms with Crippen molar-refractivity contribution in [3.63, 3.8) is 0 Å². The van der Waals surface area contributed by atoms with Gasteiger partial charge in [-0.1, -0.05) is 68.5 Å². The highest BCUT2D eigenvalue weighted by Gasteiger charge is 2.69. The van der Waals surface area contributed by atoms with Crippen molar-refractivity contribution in [1.82, 2.24) is 0 Å². The van der Waals surface area contributed by atoms with Crippen LogP contribution in [-0.2, 0) is 21.4 Å². The summed E-state index contributed by atoms with van der Waals surface area (Å²) in [5.74, 6) is -1.67. The Morgan fingerprint density at radius 3 is 2.50 bits per heavy atom. The van der Waals surface area contributed by atoms with Gasteiger partial charge in [0, 0.05) is 22.5 Å². The molecule has 0 bridgehead atoms. The molecule has 0 unspecified atom stereocenters. The van der Waals surface area contributed by atoms with Gasteiger partial charge in [-0.2, -0.15) is 0 Å². The van der Waals surface area contributed by atoms with E-state index in [0.717, 1.165) is 12.0 Å². The van der Waals surface area contributed by atoms with E-state index >= 15 is 0 Å². The summed E-state index contributed by atoms with van der Waals surface area (Å²) in [6.07, 6.45) is 4.53. The van der Waals surface area contributed by atoms with Gasteiger partial charge < -0.3 is 10.2 Å². The number of rotatable bonds is 5. The number of Topliss-reactive ketones (excluding diaryl/α,β-unsaturated/α-hetero) is 2. The molecule has 4 atom stereocenters. The Labute approximate surface area is 221 Å². The molecule has 6 heteroatoms. The highest BCUT2D eigenvalue weighted by atomic mass is 19.1. The Morgan fingerprint density at radius 2 is 1.79 bits per heavy atom. The molecule has 1 fully saturated rings. The minimum Gasteiger partial charge on any atom is -0.352 e. The number of carbonyl (C=O) groups excluding carboxylic acids is 3. The highest BCUT2D eigenvalue weighted by molar-refractivity contribution is 6.16. The standard InChI is InChI=1S/C32H29FN2O3/c1-18(2)16-20-8-10-21(11-9-20)30(37)28-29(19(3)36)35-26-14-13-23(33)17-22(26)12-15-27(35)32(28)24-6-4-5-7-25(24)34-31(32)38/h4-15,17-18,27-29H,16H2,1-3H3,(H,34,38)/t27-,28+,29+,32-/m0/s1. The second-order valence-electron chi connectivity index (χ2n) is 11.0. The molecule has 38 heavy (non-hydrogen) atoms. The summed E-state index contributed by atoms with van der Waals surface area (Å²) < 4.78 is 14.1. The first kappa shape index (κ1) is 24.3. The zero-order chi connectivity index (χ0) is 26.8. The Balaban J connectivity index is 1.58. The molecular weight excluding hydrogens is 479 g/mol. The summed E-state index contributed by atoms with van der Waals surface area (Å²) in [5, 5.41) is 3.00. The smallest absolute Gasteiger partial charge is 0.238 e. The lowest BCUT2D eigenvalue weighted by Gasteiger charge is -2.37. The number of anilines is 2. The monoisotopic (exact) mass is 508 g/mol. The lowest BCUT2D eigenvalue weighted by molar-refractivity contribution is -0.122. The number of amides is 1. The first-order valence-corrected chi connectivity index (χ1v) is 13.0. The van der Waals surface area contributed by atoms with Crippen LogP contribution in [0.4, 0.5) is 15.8 Å². The van der Waals surface area contributed by atoms with Crippen molar-refractivity contribution in [2.45, 2.75) is 44.7 Å². The van der Waals surface area contributed by atoms with Crippen molar-refractivity contribution in [2.24, 2.45) is 11.8 Å². The minimum absolute atomic E-state index is 0.218. The van der Waals surface area contributed by atoms with E-state index in [0.29, 0.717) is 34.0 Å². The molecule has 1 saturated heterocycles. The number of fused-ring (bicyclic) bond motifs is 6. The van der Waals surface area contributed by atoms with Crippen LogP contribution in [0.25, 0.3) is 6.08 Å². The molecular formula is C32H29FN2O3. The van der Waals surface area contributed by atoms with Gasteiger partial charge in [-0.3, -0.25) is 14.4 Å². The average molecular weight is 509 g/mol. The first-order chi connectivity index (χ1) is 18.2. The maximum absolute atomic E-state index is 14.5. The lowest BCUT2D eigenvalue weighted by atomic mass is 9.64. The number of hydrogen-bond donors (Lipinski definition) is 1. The Morgan fingerprint density at radius 1 is 1.05 bits per heavy atom. The predicted octanol–water partition coefficient (Wildman–Crippen LogP) is 5.59. The number of carbonyl (C=O) groups is 3. The molecule has 192 valence electrons. The van der Waals surface area contributed by atoms with Crippen molar-refractivity contribution in [3.05, 3.63) is 101 Å². The summed E-state index contributed by atoms with van der Waals surface area (Å²) in [6, 6.07) is 17.8. The summed E-state index contributed by atoms with van der Waals surface area (Å²) in [6.45, 7) is 5.75. The van der Waals surface area contributed by atoms with Crippen LogP contribution < -0.4 is 10.2 Å². The lowest BCUT2D eigenvalue weighted by Crippen LogP contribution is -2.51. The molecule has 3 aliphatic heterocycles. The van der Waals surface area contributed by atoms with E-state index in [1.165, 1.54) is 19.1 Å². The van der Waals surface area contributed by atoms with Crippen LogP contribution in [0.5, 0.6) is 0 Å². The average Bonchev–Trinajstić information content (AvgIpc) is 3.36. The van der Waals surface area contributed by atoms with E-state index in [9.17, 15) is 18.8 Å². The molecule has 0 aromatic heterocycles. The first-order valence-electron chi connectivity index (χ1n) is 13.0. The van der Waals surface area contributed by atoms with Crippen molar-refractivity contribution < 1.29 is 18.8 Å². The molecule has 5 nitrogen and oxygen atoms in total. The van der Waals surface area contributed by atoms with Crippen LogP contribution in [0.3, 0.4) is 0 Å². The summed E-state index contributed by atoms with van der Waals surface area (Å²) in [7, 11) is 0. The predicted molar refractivity (Wildman–Crippen MR) is 146 cm³/mol. The topological polar surface area (TPSA) is 66.5 Å². The molecule has 1 N–H and O–H groups in total. The second kappa shape index (κ2) is 8.76. The zero-order valence-electron chi connectivity index (χ0n) is 21.6. The van der Waals surface area contributed by atoms with Crippen molar-refractivity contribution in [2.75, 3.05) is 10.2 Å². The second-order valence-corrected chi connectivity index (χ2v) is 11.0. The van der Waals surface area contributed by atoms with Crippen LogP contribution >= 0.6 is 0 Å². The molecule has 3 aromatic rings. The van der Waals surface area contributed by atoms with Crippen LogP contribution in [0.15, 0.2) is 72.8 Å². The van der Waals surface area contributed by atoms with Crippen molar-refractivity contribution in [1.29, 1.82) is 0 Å². The number of nitrogens with zero attached hydrogens (tertiary/aromatic N) is 1. The summed E-state index contributed by atoms with van der Waals surface area (Å²) in [4.78, 5) is 43.9. The van der Waals surface area contributed by atoms with Crippen LogP contribution in [0.2, 0.25) is 0 Å². The number of benzene rings is 3. The number of halogens is 1. The Bertz CT molecular complexity index is 1510. The molecule has 1 spiro atoms. The molecule has 1 amide bonds. The van der Waals surface area contributed by atoms with Gasteiger partial charge in [0.1, 0.15) is 11.2 Å². The molecule has 3 heterocycles. The number of nitrogens with one attached hydrogen (secondary N) is 1. The highest BCUT2D eigenvalue weighted by Crippen LogP contribution is 2.57. The van der Waals surface area contributed by atoms with Gasteiger partial charge >= 0.3 is 0 Å². The van der Waals surface area contributed by atoms with Gasteiger partial charge in [-0.15, -0.1) is 0 Å². The third-order valence-electron chi connectivity index (χ3n) is 8.18. The number of ketones is 2. The summed E-state index contributed by atoms with van der Waals surface area (Å²) >= 11 is 0. The van der Waals surface area contributed by atoms with E-state index in [1.807, 2.05) is 47.4 Å². The molecule has 0 radical (unpaired) electrons. The molecule has 0 aliphatic carbocycles. The zero-order valence-corrected chi connectivity index (χ0v) is 21.6. The van der Waals surface area contributed by atoms with E-state index in [-0.39, 0.29) is 17.5 Å². The Hall–Kier alpha value is -4.06. The number of para-hydroxylation sites is 1. The van der Waals surface area contributed by atoms with Gasteiger partial charge in [0.15, 0.2) is 11.6 Å². The van der Waals surface area contributed by atoms with E-state index in [1.54, 1.807) is 24.3 Å². The summed E-state index contributed by atoms with van der Waals surface area (Å²) in [5.41, 5.74) is 2.86. The largest absolute Gasteiger partial charge is 0.352 e. The van der Waals surface area contributed by atoms with Crippen molar-refractivity contribution in [3.8, 4) is 0 Å². The van der Waals surface area contributed by atoms with Gasteiger partial charge in [0.05, 0.1) is 18.0 Å². The fourth-order valence-electron chi connectivity index (χ4n) is 6.76. The van der Waals surface area contributed by atoms with Gasteiger partial charge in [0.25, 0.3) is 0 Å². The molecule has 6 rings (SSSR count). The Kier molecular flexibility index (Phi) is 5.60. The van der Waals surface area contributed by atoms with Gasteiger partial charge in [0.2, 0.25) is 5.91 Å². The van der Waals surface area contributed by atoms with Gasteiger partial charge in [-0.05, 0) is 54.7 Å². The quantitative estimate of drug-likeness (QED) is 0.457. The fraction of sp³-hybridized carbons (Fsp3) is 0.281. The number of hydrogen-bond acceptors (Lipinski definition) is 4. The fourth-order valence-corrected chi connectivity index (χ4v) is 6.76. The van der Waals surface area contributed by atoms with E-state index in [4.69, 9.17) is 0 Å². The van der Waals surface area contributed by atoms with Crippen LogP contribution in [0, 0.1) is 17.7 Å².